The fraction of sp³-hybridized carbons (Fsp3) is 0.333. The van der Waals surface area contributed by atoms with E-state index in [0.29, 0.717) is 4.72 Å². The van der Waals surface area contributed by atoms with E-state index < -0.39 is 53.3 Å². The maximum Gasteiger partial charge on any atom is 0.516 e. The van der Waals surface area contributed by atoms with Crippen LogP contribution in [0.15, 0.2) is 14.0 Å². The Hall–Kier alpha value is -1.68. The van der Waals surface area contributed by atoms with Gasteiger partial charge < -0.3 is 0 Å². The fourth-order valence-electron chi connectivity index (χ4n) is 0.929. The van der Waals surface area contributed by atoms with Crippen LogP contribution >= 0.6 is 0 Å². The summed E-state index contributed by atoms with van der Waals surface area (Å²) in [5, 5.41) is 0. The number of sulfonamides is 1. The average molecular weight is 376 g/mol. The largest absolute Gasteiger partial charge is 0.516 e. The molecule has 1 aromatic rings. The van der Waals surface area contributed by atoms with Crippen LogP contribution in [-0.2, 0) is 20.0 Å². The van der Waals surface area contributed by atoms with E-state index in [2.05, 4.69) is 0 Å². The predicted molar refractivity (Wildman–Crippen MR) is 58.9 cm³/mol. The van der Waals surface area contributed by atoms with Gasteiger partial charge in [0.1, 0.15) is 5.69 Å². The molecule has 0 radical (unpaired) electrons. The van der Waals surface area contributed by atoms with Gasteiger partial charge in [-0.05, 0) is 0 Å². The van der Waals surface area contributed by atoms with Crippen molar-refractivity contribution >= 4 is 31.4 Å². The van der Waals surface area contributed by atoms with Gasteiger partial charge in [0.15, 0.2) is 5.69 Å². The Morgan fingerprint density at radius 1 is 0.909 bits per heavy atom. The summed E-state index contributed by atoms with van der Waals surface area (Å²) in [7, 11) is -12.3. The SMILES string of the molecule is O=c1c(N=S(=O)(O)C(F)(F)F)c(NS(=O)(=O)C(F)(F)F)c1=O. The molecule has 0 aliphatic carbocycles. The van der Waals surface area contributed by atoms with Crippen LogP contribution in [0, 0.1) is 0 Å². The molecule has 2 N–H and O–H groups in total. The molecule has 1 unspecified atom stereocenters. The second-order valence-corrected chi connectivity index (χ2v) is 6.78. The number of nitrogens with zero attached hydrogens (tertiary/aromatic N) is 1. The lowest BCUT2D eigenvalue weighted by Gasteiger charge is -2.13. The maximum atomic E-state index is 12.1. The van der Waals surface area contributed by atoms with E-state index in [4.69, 9.17) is 4.55 Å². The molecule has 0 saturated carbocycles. The number of hydrogen-bond acceptors (Lipinski definition) is 6. The number of halogens is 6. The Kier molecular flexibility index (Phi) is 4.10. The van der Waals surface area contributed by atoms with Crippen LogP contribution in [0.1, 0.15) is 0 Å². The highest BCUT2D eigenvalue weighted by molar-refractivity contribution is 7.93. The lowest BCUT2D eigenvalue weighted by Crippen LogP contribution is -2.39. The van der Waals surface area contributed by atoms with Gasteiger partial charge in [-0.2, -0.15) is 39.1 Å². The molecule has 1 rings (SSSR count). The minimum atomic E-state index is -6.23. The zero-order valence-electron chi connectivity index (χ0n) is 9.52. The fourth-order valence-corrected chi connectivity index (χ4v) is 2.03. The molecule has 126 valence electrons. The van der Waals surface area contributed by atoms with Crippen molar-refractivity contribution in [1.82, 2.24) is 0 Å². The highest BCUT2D eigenvalue weighted by atomic mass is 32.2. The van der Waals surface area contributed by atoms with E-state index >= 15 is 0 Å². The topological polar surface area (TPSA) is 130 Å². The summed E-state index contributed by atoms with van der Waals surface area (Å²) in [5.74, 6) is 0. The van der Waals surface area contributed by atoms with Crippen molar-refractivity contribution in [2.24, 2.45) is 4.36 Å². The van der Waals surface area contributed by atoms with E-state index in [9.17, 15) is 48.6 Å². The van der Waals surface area contributed by atoms with E-state index in [1.54, 1.807) is 0 Å². The number of nitrogens with one attached hydrogen (secondary N) is 1. The van der Waals surface area contributed by atoms with Gasteiger partial charge in [-0.1, -0.05) is 0 Å². The molecule has 8 nitrogen and oxygen atoms in total. The van der Waals surface area contributed by atoms with E-state index in [-0.39, 0.29) is 0 Å². The van der Waals surface area contributed by atoms with E-state index in [0.717, 1.165) is 0 Å². The molecule has 1 aromatic carbocycles. The summed E-state index contributed by atoms with van der Waals surface area (Å²) in [6.07, 6.45) is 0. The maximum absolute atomic E-state index is 12.1. The molecule has 22 heavy (non-hydrogen) atoms. The third-order valence-electron chi connectivity index (χ3n) is 1.94. The molecule has 1 atom stereocenters. The van der Waals surface area contributed by atoms with Crippen molar-refractivity contribution in [3.63, 3.8) is 0 Å². The van der Waals surface area contributed by atoms with Crippen molar-refractivity contribution in [2.45, 2.75) is 11.0 Å². The van der Waals surface area contributed by atoms with Gasteiger partial charge >= 0.3 is 21.0 Å². The molecule has 0 heterocycles. The number of rotatable bonds is 3. The average Bonchev–Trinajstić information content (AvgIpc) is 2.30. The Bertz CT molecular complexity index is 896. The zero-order valence-corrected chi connectivity index (χ0v) is 11.2. The Morgan fingerprint density at radius 3 is 1.73 bits per heavy atom. The Morgan fingerprint density at radius 2 is 1.36 bits per heavy atom. The van der Waals surface area contributed by atoms with Crippen molar-refractivity contribution in [3.05, 3.63) is 20.4 Å². The highest BCUT2D eigenvalue weighted by Crippen LogP contribution is 2.31. The molecule has 0 saturated heterocycles. The summed E-state index contributed by atoms with van der Waals surface area (Å²) in [6.45, 7) is 0. The van der Waals surface area contributed by atoms with Crippen molar-refractivity contribution < 1.29 is 43.5 Å². The molecule has 0 fully saturated rings. The normalized spacial score (nSPS) is 16.3. The predicted octanol–water partition coefficient (Wildman–Crippen LogP) is 0.636. The third kappa shape index (κ3) is 3.07. The first-order valence-electron chi connectivity index (χ1n) is 4.49. The van der Waals surface area contributed by atoms with Crippen LogP contribution in [0.5, 0.6) is 0 Å². The van der Waals surface area contributed by atoms with Crippen LogP contribution in [0.3, 0.4) is 0 Å². The Labute approximate surface area is 116 Å². The van der Waals surface area contributed by atoms with Crippen LogP contribution in [0.4, 0.5) is 37.7 Å². The summed E-state index contributed by atoms with van der Waals surface area (Å²) < 4.78 is 115. The van der Waals surface area contributed by atoms with Gasteiger partial charge in [0.2, 0.25) is 0 Å². The molecule has 0 aromatic heterocycles. The first kappa shape index (κ1) is 18.4. The summed E-state index contributed by atoms with van der Waals surface area (Å²) in [6, 6.07) is 0. The summed E-state index contributed by atoms with van der Waals surface area (Å²) in [5.41, 5.74) is -19.4. The minimum Gasteiger partial charge on any atom is -0.293 e. The van der Waals surface area contributed by atoms with Crippen LogP contribution < -0.4 is 15.6 Å². The first-order valence-corrected chi connectivity index (χ1v) is 7.45. The molecule has 0 spiro atoms. The molecule has 16 heteroatoms. The molecule has 0 aliphatic rings. The summed E-state index contributed by atoms with van der Waals surface area (Å²) >= 11 is 0. The molecular weight excluding hydrogens is 374 g/mol. The van der Waals surface area contributed by atoms with Gasteiger partial charge in [-0.25, -0.2) is 4.21 Å². The molecule has 0 aliphatic heterocycles. The van der Waals surface area contributed by atoms with Gasteiger partial charge in [-0.3, -0.25) is 18.9 Å². The second-order valence-electron chi connectivity index (χ2n) is 3.47. The summed E-state index contributed by atoms with van der Waals surface area (Å²) in [4.78, 5) is 21.8. The molecular formula is C6H2F6N2O6S2. The van der Waals surface area contributed by atoms with Crippen molar-refractivity contribution in [1.29, 1.82) is 0 Å². The smallest absolute Gasteiger partial charge is 0.293 e. The quantitative estimate of drug-likeness (QED) is 0.588. The van der Waals surface area contributed by atoms with Crippen molar-refractivity contribution in [2.75, 3.05) is 4.72 Å². The minimum absolute atomic E-state index is 0.496. The van der Waals surface area contributed by atoms with Crippen LogP contribution in [0.2, 0.25) is 0 Å². The number of hydrogen-bond donors (Lipinski definition) is 2. The Balaban J connectivity index is 3.47. The van der Waals surface area contributed by atoms with E-state index in [1.165, 1.54) is 0 Å². The van der Waals surface area contributed by atoms with Gasteiger partial charge in [-0.15, -0.1) is 0 Å². The zero-order chi connectivity index (χ0) is 17.7. The second kappa shape index (κ2) is 4.92. The highest BCUT2D eigenvalue weighted by Gasteiger charge is 2.48. The lowest BCUT2D eigenvalue weighted by molar-refractivity contribution is -0.0469. The van der Waals surface area contributed by atoms with Crippen LogP contribution in [-0.4, -0.2) is 28.2 Å². The number of alkyl halides is 6. The van der Waals surface area contributed by atoms with Gasteiger partial charge in [0.25, 0.3) is 20.9 Å². The van der Waals surface area contributed by atoms with E-state index in [1.807, 2.05) is 4.36 Å². The first-order chi connectivity index (χ1) is 9.51. The number of anilines is 1. The van der Waals surface area contributed by atoms with Crippen LogP contribution in [0.25, 0.3) is 0 Å². The lowest BCUT2D eigenvalue weighted by atomic mass is 10.2. The third-order valence-corrected chi connectivity index (χ3v) is 4.06. The van der Waals surface area contributed by atoms with Crippen molar-refractivity contribution in [3.8, 4) is 0 Å². The standard InChI is InChI=1S/C6H2F6N2O6S2/c7-5(8,9)21(17,18)13-1-2(4(16)3(1)15)14-22(19,20)6(10,11)12/h13H,(H,14,19,20). The monoisotopic (exact) mass is 376 g/mol. The van der Waals surface area contributed by atoms with Gasteiger partial charge in [0, 0.05) is 0 Å². The van der Waals surface area contributed by atoms with Gasteiger partial charge in [0.05, 0.1) is 0 Å². The molecule has 0 amide bonds. The molecule has 0 bridgehead atoms.